The smallest absolute Gasteiger partial charge is 0.398 e. The Morgan fingerprint density at radius 1 is 1.07 bits per heavy atom. The zero-order valence-corrected chi connectivity index (χ0v) is 18.0. The van der Waals surface area contributed by atoms with E-state index in [4.69, 9.17) is 25.6 Å². The molecule has 1 aromatic carbocycles. The number of rotatable bonds is 8. The second-order valence-corrected chi connectivity index (χ2v) is 9.02. The molecule has 1 atom stereocenters. The van der Waals surface area contributed by atoms with Gasteiger partial charge in [-0.05, 0) is 25.4 Å². The summed E-state index contributed by atoms with van der Waals surface area (Å²) in [5.41, 5.74) is -1.70. The lowest BCUT2D eigenvalue weighted by Crippen LogP contribution is -2.25. The molecule has 0 aliphatic rings. The number of nitrogens with zero attached hydrogens (tertiary/aromatic N) is 3. The number of hydrogen-bond donors (Lipinski definition) is 2. The van der Waals surface area contributed by atoms with E-state index in [9.17, 15) is 16.8 Å². The Labute approximate surface area is 172 Å². The van der Waals surface area contributed by atoms with Crippen LogP contribution < -0.4 is 14.8 Å². The first kappa shape index (κ1) is 23.0. The van der Waals surface area contributed by atoms with Crippen LogP contribution in [-0.2, 0) is 24.4 Å². The van der Waals surface area contributed by atoms with E-state index in [2.05, 4.69) is 24.5 Å². The molecule has 160 valence electrons. The highest BCUT2D eigenvalue weighted by Gasteiger charge is 2.32. The predicted molar refractivity (Wildman–Crippen MR) is 102 cm³/mol. The minimum atomic E-state index is -5.01. The summed E-state index contributed by atoms with van der Waals surface area (Å²) in [7, 11) is -6.92. The molecule has 12 nitrogen and oxygen atoms in total. The van der Waals surface area contributed by atoms with Gasteiger partial charge >= 0.3 is 10.4 Å². The van der Waals surface area contributed by atoms with Gasteiger partial charge in [-0.3, -0.25) is 4.55 Å². The van der Waals surface area contributed by atoms with Crippen LogP contribution in [0.5, 0.6) is 11.5 Å². The molecule has 1 aromatic heterocycles. The predicted octanol–water partition coefficient (Wildman–Crippen LogP) is 1.53. The summed E-state index contributed by atoms with van der Waals surface area (Å²) in [5.74, 6) is 0.295. The van der Waals surface area contributed by atoms with Crippen molar-refractivity contribution in [2.75, 3.05) is 19.5 Å². The van der Waals surface area contributed by atoms with Crippen molar-refractivity contribution in [2.24, 2.45) is 0 Å². The molecule has 0 radical (unpaired) electrons. The van der Waals surface area contributed by atoms with Crippen molar-refractivity contribution in [2.45, 2.75) is 24.2 Å². The first-order chi connectivity index (χ1) is 13.4. The molecule has 1 unspecified atom stereocenters. The van der Waals surface area contributed by atoms with Crippen LogP contribution in [-0.4, -0.2) is 56.0 Å². The van der Waals surface area contributed by atoms with Crippen LogP contribution in [0.1, 0.15) is 12.7 Å². The summed E-state index contributed by atoms with van der Waals surface area (Å²) in [5, 5.41) is 2.76. The Morgan fingerprint density at radius 2 is 1.69 bits per heavy atom. The molecule has 0 saturated heterocycles. The van der Waals surface area contributed by atoms with Crippen LogP contribution in [0, 0.1) is 6.92 Å². The van der Waals surface area contributed by atoms with E-state index in [0.29, 0.717) is 5.82 Å². The zero-order valence-electron chi connectivity index (χ0n) is 15.6. The highest BCUT2D eigenvalue weighted by molar-refractivity contribution is 7.92. The number of sulfone groups is 1. The molecule has 2 rings (SSSR count). The van der Waals surface area contributed by atoms with Crippen LogP contribution in [0.4, 0.5) is 11.6 Å². The first-order valence-corrected chi connectivity index (χ1v) is 11.0. The Bertz CT molecular complexity index is 1100. The third-order valence-electron chi connectivity index (χ3n) is 3.45. The highest BCUT2D eigenvalue weighted by atomic mass is 35.5. The first-order valence-electron chi connectivity index (χ1n) is 7.68. The second kappa shape index (κ2) is 8.62. The van der Waals surface area contributed by atoms with E-state index in [-0.39, 0.29) is 28.4 Å². The van der Waals surface area contributed by atoms with Gasteiger partial charge in [-0.15, -0.1) is 0 Å². The third-order valence-corrected chi connectivity index (χ3v) is 6.18. The summed E-state index contributed by atoms with van der Waals surface area (Å²) >= 11 is 5.80. The summed E-state index contributed by atoms with van der Waals surface area (Å²) in [6, 6.07) is 2.37. The van der Waals surface area contributed by atoms with Gasteiger partial charge in [0, 0.05) is 12.1 Å². The summed E-state index contributed by atoms with van der Waals surface area (Å²) in [4.78, 5) is 11.4. The van der Waals surface area contributed by atoms with E-state index in [1.165, 1.54) is 20.3 Å². The number of nitrogens with one attached hydrogen (secondary N) is 1. The highest BCUT2D eigenvalue weighted by Crippen LogP contribution is 2.38. The molecular weight excluding hydrogens is 452 g/mol. The fourth-order valence-corrected chi connectivity index (χ4v) is 4.53. The van der Waals surface area contributed by atoms with Crippen LogP contribution >= 0.6 is 11.6 Å². The molecule has 1 heterocycles. The number of ether oxygens (including phenoxy) is 2. The van der Waals surface area contributed by atoms with Crippen molar-refractivity contribution in [1.82, 2.24) is 15.0 Å². The minimum absolute atomic E-state index is 0.0395. The Balaban J connectivity index is 2.54. The maximum atomic E-state index is 12.7. The Hall–Kier alpha value is -2.26. The average Bonchev–Trinajstić information content (AvgIpc) is 2.58. The quantitative estimate of drug-likeness (QED) is 0.537. The molecule has 2 aromatic rings. The maximum Gasteiger partial charge on any atom is 0.398 e. The third kappa shape index (κ3) is 5.63. The van der Waals surface area contributed by atoms with Crippen molar-refractivity contribution in [3.8, 4) is 11.5 Å². The fourth-order valence-electron chi connectivity index (χ4n) is 2.22. The lowest BCUT2D eigenvalue weighted by Gasteiger charge is -2.18. The number of benzene rings is 1. The van der Waals surface area contributed by atoms with Crippen molar-refractivity contribution in [3.63, 3.8) is 0 Å². The molecule has 29 heavy (non-hydrogen) atoms. The fraction of sp³-hybridized carbons (Fsp3) is 0.357. The topological polar surface area (TPSA) is 167 Å². The number of hydrogen-bond acceptors (Lipinski definition) is 11. The summed E-state index contributed by atoms with van der Waals surface area (Å²) in [6.45, 7) is 2.54. The van der Waals surface area contributed by atoms with Crippen LogP contribution in [0.25, 0.3) is 0 Å². The molecule has 0 aliphatic carbocycles. The molecule has 0 aliphatic heterocycles. The normalized spacial score (nSPS) is 13.0. The number of anilines is 2. The Kier molecular flexibility index (Phi) is 6.85. The molecule has 0 bridgehead atoms. The molecule has 0 saturated carbocycles. The van der Waals surface area contributed by atoms with Gasteiger partial charge in [0.2, 0.25) is 21.1 Å². The van der Waals surface area contributed by atoms with Crippen molar-refractivity contribution >= 4 is 43.5 Å². The van der Waals surface area contributed by atoms with Gasteiger partial charge in [-0.25, -0.2) is 17.6 Å². The lowest BCUT2D eigenvalue weighted by atomic mass is 10.2. The molecular formula is C14H17ClN4O8S2. The molecule has 0 amide bonds. The largest absolute Gasteiger partial charge is 0.495 e. The lowest BCUT2D eigenvalue weighted by molar-refractivity contribution is 0.251. The van der Waals surface area contributed by atoms with Crippen LogP contribution in [0.15, 0.2) is 17.0 Å². The molecule has 0 spiro atoms. The van der Waals surface area contributed by atoms with Crippen LogP contribution in [0.2, 0.25) is 5.28 Å². The minimum Gasteiger partial charge on any atom is -0.495 e. The van der Waals surface area contributed by atoms with Crippen molar-refractivity contribution in [3.05, 3.63) is 23.2 Å². The van der Waals surface area contributed by atoms with E-state index >= 15 is 0 Å². The van der Waals surface area contributed by atoms with E-state index in [1.807, 2.05) is 0 Å². The van der Waals surface area contributed by atoms with Gasteiger partial charge in [-0.1, -0.05) is 0 Å². The molecule has 2 N–H and O–H groups in total. The number of aryl methyl sites for hydroxylation is 1. The monoisotopic (exact) mass is 468 g/mol. The zero-order chi connectivity index (χ0) is 22.0. The van der Waals surface area contributed by atoms with Crippen LogP contribution in [0.3, 0.4) is 0 Å². The maximum absolute atomic E-state index is 12.7. The Morgan fingerprint density at radius 3 is 2.21 bits per heavy atom. The van der Waals surface area contributed by atoms with E-state index in [0.717, 1.165) is 13.0 Å². The second-order valence-electron chi connectivity index (χ2n) is 5.44. The summed E-state index contributed by atoms with van der Waals surface area (Å²) < 4.78 is 70.4. The molecule has 15 heteroatoms. The van der Waals surface area contributed by atoms with Gasteiger partial charge in [0.25, 0.3) is 0 Å². The van der Waals surface area contributed by atoms with Gasteiger partial charge in [0.1, 0.15) is 22.2 Å². The molecule has 0 fully saturated rings. The average molecular weight is 469 g/mol. The van der Waals surface area contributed by atoms with Gasteiger partial charge in [0.05, 0.1) is 19.9 Å². The number of aromatic nitrogens is 3. The number of halogens is 1. The van der Waals surface area contributed by atoms with E-state index < -0.39 is 30.6 Å². The standard InChI is InChI=1S/C14H17ClN4O8S2/c1-7-16-13(15)19-14(17-7)18-9-5-11(26-4)12(6-10(9)25-3)28(20,21)8(2)27-29(22,23)24/h5-6,8H,1-4H3,(H,22,23,24)(H,16,17,18,19). The number of methoxy groups -OCH3 is 2. The van der Waals surface area contributed by atoms with Crippen molar-refractivity contribution < 1.29 is 35.0 Å². The van der Waals surface area contributed by atoms with Gasteiger partial charge in [0.15, 0.2) is 5.44 Å². The van der Waals surface area contributed by atoms with Crippen molar-refractivity contribution in [1.29, 1.82) is 0 Å². The van der Waals surface area contributed by atoms with E-state index in [1.54, 1.807) is 6.92 Å². The van der Waals surface area contributed by atoms with Gasteiger partial charge in [-0.2, -0.15) is 18.4 Å². The van der Waals surface area contributed by atoms with Gasteiger partial charge < -0.3 is 14.8 Å². The summed E-state index contributed by atoms with van der Waals surface area (Å²) in [6.07, 6.45) is 0. The SMILES string of the molecule is COc1cc(S(=O)(=O)C(C)OS(=O)(=O)O)c(OC)cc1Nc1nc(C)nc(Cl)n1.